The van der Waals surface area contributed by atoms with Gasteiger partial charge in [-0.2, -0.15) is 0 Å². The summed E-state index contributed by atoms with van der Waals surface area (Å²) < 4.78 is 13.2. The first-order valence-corrected chi connectivity index (χ1v) is 8.08. The first-order chi connectivity index (χ1) is 9.62. The smallest absolute Gasteiger partial charge is 0.123 e. The zero-order valence-corrected chi connectivity index (χ0v) is 12.7. The first kappa shape index (κ1) is 14.1. The molecular formula is C18H26FN. The number of rotatable bonds is 1. The molecule has 2 aliphatic rings. The summed E-state index contributed by atoms with van der Waals surface area (Å²) in [7, 11) is 0. The minimum absolute atomic E-state index is 0.128. The summed E-state index contributed by atoms with van der Waals surface area (Å²) in [6, 6.07) is 7.24. The van der Waals surface area contributed by atoms with E-state index in [1.807, 2.05) is 12.1 Å². The van der Waals surface area contributed by atoms with E-state index in [2.05, 4.69) is 19.2 Å². The highest BCUT2D eigenvalue weighted by Crippen LogP contribution is 2.55. The quantitative estimate of drug-likeness (QED) is 0.803. The lowest BCUT2D eigenvalue weighted by Crippen LogP contribution is -2.49. The zero-order chi connectivity index (χ0) is 14.2. The van der Waals surface area contributed by atoms with E-state index in [1.165, 1.54) is 31.2 Å². The summed E-state index contributed by atoms with van der Waals surface area (Å²) in [5, 5.41) is 3.56. The van der Waals surface area contributed by atoms with Crippen LogP contribution in [0.3, 0.4) is 0 Å². The van der Waals surface area contributed by atoms with Crippen LogP contribution in [0.15, 0.2) is 24.3 Å². The van der Waals surface area contributed by atoms with E-state index < -0.39 is 0 Å². The fourth-order valence-corrected chi connectivity index (χ4v) is 4.70. The fraction of sp³-hybridized carbons (Fsp3) is 0.667. The Hall–Kier alpha value is -0.890. The van der Waals surface area contributed by atoms with E-state index in [4.69, 9.17) is 0 Å². The molecule has 1 aliphatic carbocycles. The minimum Gasteiger partial charge on any atom is -0.316 e. The summed E-state index contributed by atoms with van der Waals surface area (Å²) >= 11 is 0. The molecule has 1 aromatic carbocycles. The van der Waals surface area contributed by atoms with Crippen LogP contribution in [0.1, 0.15) is 51.0 Å². The summed E-state index contributed by atoms with van der Waals surface area (Å²) in [4.78, 5) is 0. The third-order valence-electron chi connectivity index (χ3n) is 5.92. The largest absolute Gasteiger partial charge is 0.316 e. The maximum Gasteiger partial charge on any atom is 0.123 e. The van der Waals surface area contributed by atoms with Crippen molar-refractivity contribution in [2.45, 2.75) is 45.4 Å². The second-order valence-electron chi connectivity index (χ2n) is 7.07. The molecular weight excluding hydrogens is 249 g/mol. The second kappa shape index (κ2) is 5.48. The van der Waals surface area contributed by atoms with E-state index in [0.717, 1.165) is 24.9 Å². The maximum atomic E-state index is 13.2. The molecule has 4 atom stereocenters. The molecule has 1 aromatic rings. The molecule has 1 heterocycles. The summed E-state index contributed by atoms with van der Waals surface area (Å²) in [6.07, 6.45) is 5.29. The van der Waals surface area contributed by atoms with Crippen molar-refractivity contribution in [2.75, 3.05) is 13.1 Å². The lowest BCUT2D eigenvalue weighted by atomic mass is 9.54. The third-order valence-corrected chi connectivity index (χ3v) is 5.92. The lowest BCUT2D eigenvalue weighted by molar-refractivity contribution is 0.0229. The highest BCUT2D eigenvalue weighted by molar-refractivity contribution is 5.25. The van der Waals surface area contributed by atoms with Crippen LogP contribution in [0.2, 0.25) is 0 Å². The van der Waals surface area contributed by atoms with Gasteiger partial charge in [0.25, 0.3) is 0 Å². The minimum atomic E-state index is -0.128. The van der Waals surface area contributed by atoms with Crippen molar-refractivity contribution >= 4 is 0 Å². The van der Waals surface area contributed by atoms with Gasteiger partial charge < -0.3 is 5.32 Å². The van der Waals surface area contributed by atoms with E-state index in [1.54, 1.807) is 12.1 Å². The van der Waals surface area contributed by atoms with Crippen molar-refractivity contribution in [1.29, 1.82) is 0 Å². The van der Waals surface area contributed by atoms with Gasteiger partial charge in [0.15, 0.2) is 0 Å². The molecule has 1 spiro atoms. The molecule has 4 unspecified atom stereocenters. The van der Waals surface area contributed by atoms with Crippen LogP contribution < -0.4 is 5.32 Å². The van der Waals surface area contributed by atoms with Crippen molar-refractivity contribution in [3.05, 3.63) is 35.6 Å². The second-order valence-corrected chi connectivity index (χ2v) is 7.07. The molecule has 3 rings (SSSR count). The molecule has 1 saturated carbocycles. The Labute approximate surface area is 122 Å². The summed E-state index contributed by atoms with van der Waals surface area (Å²) in [5.74, 6) is 2.04. The molecule has 1 saturated heterocycles. The molecule has 0 radical (unpaired) electrons. The topological polar surface area (TPSA) is 12.0 Å². The summed E-state index contributed by atoms with van der Waals surface area (Å²) in [5.41, 5.74) is 1.75. The van der Waals surface area contributed by atoms with Gasteiger partial charge in [0.2, 0.25) is 0 Å². The molecule has 1 N–H and O–H groups in total. The lowest BCUT2D eigenvalue weighted by Gasteiger charge is -2.52. The molecule has 2 fully saturated rings. The first-order valence-electron chi connectivity index (χ1n) is 8.08. The zero-order valence-electron chi connectivity index (χ0n) is 12.7. The SMILES string of the molecule is CC1CCC2(CCNCC2c2ccc(F)cc2)C(C)C1. The number of benzene rings is 1. The van der Waals surface area contributed by atoms with Crippen molar-refractivity contribution in [1.82, 2.24) is 5.32 Å². The Morgan fingerprint density at radius 1 is 1.15 bits per heavy atom. The van der Waals surface area contributed by atoms with Gasteiger partial charge in [0.1, 0.15) is 5.82 Å². The van der Waals surface area contributed by atoms with Crippen LogP contribution in [0.4, 0.5) is 4.39 Å². The van der Waals surface area contributed by atoms with Gasteiger partial charge in [-0.25, -0.2) is 4.39 Å². The van der Waals surface area contributed by atoms with Crippen LogP contribution in [-0.4, -0.2) is 13.1 Å². The number of halogens is 1. The molecule has 1 nitrogen and oxygen atoms in total. The Bertz CT molecular complexity index is 455. The van der Waals surface area contributed by atoms with Crippen LogP contribution in [0.5, 0.6) is 0 Å². The van der Waals surface area contributed by atoms with Crippen molar-refractivity contribution < 1.29 is 4.39 Å². The fourth-order valence-electron chi connectivity index (χ4n) is 4.70. The normalized spacial score (nSPS) is 38.0. The standard InChI is InChI=1S/C18H26FN/c1-13-7-8-18(14(2)11-13)9-10-20-12-17(18)15-3-5-16(19)6-4-15/h3-6,13-14,17,20H,7-12H2,1-2H3. The molecule has 0 aromatic heterocycles. The highest BCUT2D eigenvalue weighted by Gasteiger charge is 2.47. The molecule has 110 valence electrons. The predicted octanol–water partition coefficient (Wildman–Crippen LogP) is 4.35. The van der Waals surface area contributed by atoms with Gasteiger partial charge in [0.05, 0.1) is 0 Å². The van der Waals surface area contributed by atoms with Gasteiger partial charge in [-0.05, 0) is 60.8 Å². The van der Waals surface area contributed by atoms with Crippen LogP contribution in [-0.2, 0) is 0 Å². The predicted molar refractivity (Wildman–Crippen MR) is 81.2 cm³/mol. The molecule has 2 heteroatoms. The van der Waals surface area contributed by atoms with Gasteiger partial charge in [-0.1, -0.05) is 32.4 Å². The Morgan fingerprint density at radius 3 is 2.60 bits per heavy atom. The average molecular weight is 275 g/mol. The summed E-state index contributed by atoms with van der Waals surface area (Å²) in [6.45, 7) is 7.01. The number of nitrogens with one attached hydrogen (secondary N) is 1. The van der Waals surface area contributed by atoms with Gasteiger partial charge in [-0.15, -0.1) is 0 Å². The molecule has 1 aliphatic heterocycles. The Morgan fingerprint density at radius 2 is 1.90 bits per heavy atom. The number of hydrogen-bond donors (Lipinski definition) is 1. The number of hydrogen-bond acceptors (Lipinski definition) is 1. The Balaban J connectivity index is 1.92. The average Bonchev–Trinajstić information content (AvgIpc) is 2.45. The van der Waals surface area contributed by atoms with Crippen molar-refractivity contribution in [3.8, 4) is 0 Å². The molecule has 0 amide bonds. The van der Waals surface area contributed by atoms with E-state index in [0.29, 0.717) is 11.3 Å². The molecule has 0 bridgehead atoms. The third kappa shape index (κ3) is 2.39. The van der Waals surface area contributed by atoms with Crippen LogP contribution >= 0.6 is 0 Å². The Kier molecular flexibility index (Phi) is 3.85. The van der Waals surface area contributed by atoms with Crippen molar-refractivity contribution in [2.24, 2.45) is 17.3 Å². The highest BCUT2D eigenvalue weighted by atomic mass is 19.1. The van der Waals surface area contributed by atoms with Gasteiger partial charge >= 0.3 is 0 Å². The van der Waals surface area contributed by atoms with E-state index in [9.17, 15) is 4.39 Å². The van der Waals surface area contributed by atoms with Crippen molar-refractivity contribution in [3.63, 3.8) is 0 Å². The van der Waals surface area contributed by atoms with E-state index >= 15 is 0 Å². The van der Waals surface area contributed by atoms with Crippen LogP contribution in [0.25, 0.3) is 0 Å². The van der Waals surface area contributed by atoms with E-state index in [-0.39, 0.29) is 5.82 Å². The maximum absolute atomic E-state index is 13.2. The molecule has 20 heavy (non-hydrogen) atoms. The number of piperidine rings is 1. The van der Waals surface area contributed by atoms with Gasteiger partial charge in [-0.3, -0.25) is 0 Å². The van der Waals surface area contributed by atoms with Gasteiger partial charge in [0, 0.05) is 12.5 Å². The van der Waals surface area contributed by atoms with Crippen LogP contribution in [0, 0.1) is 23.1 Å². The monoisotopic (exact) mass is 275 g/mol.